The minimum atomic E-state index is -1.11. The second-order valence-electron chi connectivity index (χ2n) is 4.34. The number of benzene rings is 1. The highest BCUT2D eigenvalue weighted by molar-refractivity contribution is 9.10. The Hall–Kier alpha value is -1.60. The Bertz CT molecular complexity index is 508. The summed E-state index contributed by atoms with van der Waals surface area (Å²) in [6, 6.07) is 5.47. The number of rotatable bonds is 2. The number of likely N-dealkylation sites (tertiary alicyclic amines) is 1. The molecule has 3 N–H and O–H groups in total. The fourth-order valence-electron chi connectivity index (χ4n) is 2.03. The molecule has 0 bridgehead atoms. The van der Waals surface area contributed by atoms with Gasteiger partial charge in [0.25, 0.3) is 0 Å². The number of anilines is 1. The number of carboxylic acid groups (broad SMARTS) is 1. The van der Waals surface area contributed by atoms with Crippen LogP contribution < -0.4 is 5.32 Å². The van der Waals surface area contributed by atoms with Crippen LogP contribution in [0.15, 0.2) is 28.7 Å². The molecular weight excluding hydrogens is 316 g/mol. The number of hydrogen-bond donors (Lipinski definition) is 3. The number of aliphatic hydroxyl groups is 1. The fourth-order valence-corrected chi connectivity index (χ4v) is 2.43. The molecule has 2 rings (SSSR count). The van der Waals surface area contributed by atoms with E-state index in [1.165, 1.54) is 0 Å². The van der Waals surface area contributed by atoms with E-state index in [1.807, 2.05) is 6.07 Å². The van der Waals surface area contributed by atoms with E-state index in [1.54, 1.807) is 18.2 Å². The van der Waals surface area contributed by atoms with Crippen LogP contribution in [0.4, 0.5) is 10.5 Å². The van der Waals surface area contributed by atoms with Gasteiger partial charge in [-0.15, -0.1) is 0 Å². The number of carbonyl (C=O) groups is 2. The van der Waals surface area contributed by atoms with E-state index in [0.717, 1.165) is 9.37 Å². The highest BCUT2D eigenvalue weighted by atomic mass is 79.9. The average Bonchev–Trinajstić information content (AvgIpc) is 2.71. The molecule has 0 aromatic heterocycles. The zero-order valence-corrected chi connectivity index (χ0v) is 11.5. The molecule has 6 nitrogen and oxygen atoms in total. The Morgan fingerprint density at radius 2 is 2.16 bits per heavy atom. The van der Waals surface area contributed by atoms with Crippen molar-refractivity contribution < 1.29 is 19.8 Å². The number of nitrogens with zero attached hydrogens (tertiary/aromatic N) is 1. The van der Waals surface area contributed by atoms with E-state index in [-0.39, 0.29) is 13.0 Å². The van der Waals surface area contributed by atoms with Crippen LogP contribution in [0.1, 0.15) is 6.42 Å². The SMILES string of the molecule is O=C(O)[C@@H]1C[C@H](O)CN1C(=O)Nc1cccc(Br)c1. The molecular formula is C12H13BrN2O4. The molecule has 0 saturated carbocycles. The topological polar surface area (TPSA) is 89.9 Å². The first-order valence-electron chi connectivity index (χ1n) is 5.71. The largest absolute Gasteiger partial charge is 0.480 e. The molecule has 0 unspecified atom stereocenters. The number of hydrogen-bond acceptors (Lipinski definition) is 3. The second kappa shape index (κ2) is 5.58. The molecule has 1 aromatic rings. The van der Waals surface area contributed by atoms with Gasteiger partial charge in [-0.2, -0.15) is 0 Å². The van der Waals surface area contributed by atoms with Crippen LogP contribution >= 0.6 is 15.9 Å². The van der Waals surface area contributed by atoms with Crippen molar-refractivity contribution >= 4 is 33.6 Å². The van der Waals surface area contributed by atoms with Crippen LogP contribution in [-0.4, -0.2) is 45.8 Å². The predicted molar refractivity (Wildman–Crippen MR) is 71.9 cm³/mol. The van der Waals surface area contributed by atoms with Gasteiger partial charge in [0.1, 0.15) is 6.04 Å². The number of β-amino-alcohol motifs (C(OH)–C–C–N with tert-alkyl or cyclic N) is 1. The second-order valence-corrected chi connectivity index (χ2v) is 5.25. The lowest BCUT2D eigenvalue weighted by molar-refractivity contribution is -0.141. The van der Waals surface area contributed by atoms with E-state index in [4.69, 9.17) is 5.11 Å². The molecule has 102 valence electrons. The molecule has 2 atom stereocenters. The van der Waals surface area contributed by atoms with Gasteiger partial charge in [-0.25, -0.2) is 9.59 Å². The summed E-state index contributed by atoms with van der Waals surface area (Å²) < 4.78 is 0.807. The van der Waals surface area contributed by atoms with Crippen molar-refractivity contribution in [3.8, 4) is 0 Å². The number of amides is 2. The molecule has 0 radical (unpaired) electrons. The minimum absolute atomic E-state index is 0.0246. The maximum Gasteiger partial charge on any atom is 0.326 e. The normalized spacial score (nSPS) is 22.3. The molecule has 1 aliphatic rings. The molecule has 1 fully saturated rings. The van der Waals surface area contributed by atoms with Crippen molar-refractivity contribution in [2.45, 2.75) is 18.6 Å². The molecule has 0 aliphatic carbocycles. The maximum atomic E-state index is 12.0. The van der Waals surface area contributed by atoms with Crippen LogP contribution in [0.25, 0.3) is 0 Å². The average molecular weight is 329 g/mol. The zero-order chi connectivity index (χ0) is 14.0. The van der Waals surface area contributed by atoms with Crippen molar-refractivity contribution in [3.63, 3.8) is 0 Å². The number of halogens is 1. The Morgan fingerprint density at radius 3 is 2.79 bits per heavy atom. The molecule has 1 saturated heterocycles. The number of carbonyl (C=O) groups excluding carboxylic acids is 1. The molecule has 1 aromatic carbocycles. The maximum absolute atomic E-state index is 12.0. The van der Waals surface area contributed by atoms with Crippen LogP contribution in [0.3, 0.4) is 0 Å². The van der Waals surface area contributed by atoms with Gasteiger partial charge in [-0.05, 0) is 18.2 Å². The summed E-state index contributed by atoms with van der Waals surface area (Å²) in [5, 5.41) is 21.1. The van der Waals surface area contributed by atoms with Gasteiger partial charge in [0.15, 0.2) is 0 Å². The molecule has 1 heterocycles. The number of urea groups is 1. The Morgan fingerprint density at radius 1 is 1.42 bits per heavy atom. The standard InChI is InChI=1S/C12H13BrN2O4/c13-7-2-1-3-8(4-7)14-12(19)15-6-9(16)5-10(15)11(17)18/h1-4,9-10,16H,5-6H2,(H,14,19)(H,17,18)/t9-,10-/m0/s1. The first-order valence-corrected chi connectivity index (χ1v) is 6.50. The van der Waals surface area contributed by atoms with E-state index >= 15 is 0 Å². The molecule has 0 spiro atoms. The van der Waals surface area contributed by atoms with Crippen LogP contribution in [0.5, 0.6) is 0 Å². The Kier molecular flexibility index (Phi) is 4.06. The summed E-state index contributed by atoms with van der Waals surface area (Å²) >= 11 is 3.28. The van der Waals surface area contributed by atoms with E-state index in [9.17, 15) is 14.7 Å². The minimum Gasteiger partial charge on any atom is -0.480 e. The van der Waals surface area contributed by atoms with Gasteiger partial charge in [0.2, 0.25) is 0 Å². The van der Waals surface area contributed by atoms with Gasteiger partial charge in [0, 0.05) is 23.1 Å². The van der Waals surface area contributed by atoms with Crippen molar-refractivity contribution in [2.24, 2.45) is 0 Å². The van der Waals surface area contributed by atoms with Crippen molar-refractivity contribution in [2.75, 3.05) is 11.9 Å². The van der Waals surface area contributed by atoms with Crippen molar-refractivity contribution in [1.29, 1.82) is 0 Å². The zero-order valence-electron chi connectivity index (χ0n) is 9.91. The van der Waals surface area contributed by atoms with E-state index in [0.29, 0.717) is 5.69 Å². The third-order valence-electron chi connectivity index (χ3n) is 2.90. The first kappa shape index (κ1) is 13.8. The predicted octanol–water partition coefficient (Wildman–Crippen LogP) is 1.50. The van der Waals surface area contributed by atoms with Crippen LogP contribution in [0, 0.1) is 0 Å². The summed E-state index contributed by atoms with van der Waals surface area (Å²) in [6.07, 6.45) is -0.740. The molecule has 1 aliphatic heterocycles. The quantitative estimate of drug-likeness (QED) is 0.767. The molecule has 19 heavy (non-hydrogen) atoms. The lowest BCUT2D eigenvalue weighted by Gasteiger charge is -2.21. The first-order chi connectivity index (χ1) is 8.97. The molecule has 2 amide bonds. The van der Waals surface area contributed by atoms with Crippen LogP contribution in [-0.2, 0) is 4.79 Å². The number of aliphatic carboxylic acids is 1. The third kappa shape index (κ3) is 3.24. The summed E-state index contributed by atoms with van der Waals surface area (Å²) in [6.45, 7) is 0.0246. The Labute approximate surface area is 118 Å². The smallest absolute Gasteiger partial charge is 0.326 e. The van der Waals surface area contributed by atoms with Crippen molar-refractivity contribution in [1.82, 2.24) is 4.90 Å². The number of carboxylic acids is 1. The summed E-state index contributed by atoms with van der Waals surface area (Å²) in [5.74, 6) is -1.11. The highest BCUT2D eigenvalue weighted by Gasteiger charge is 2.38. The number of aliphatic hydroxyl groups excluding tert-OH is 1. The summed E-state index contributed by atoms with van der Waals surface area (Å²) in [7, 11) is 0. The summed E-state index contributed by atoms with van der Waals surface area (Å²) in [4.78, 5) is 24.2. The lowest BCUT2D eigenvalue weighted by atomic mass is 10.2. The van der Waals surface area contributed by atoms with Gasteiger partial charge >= 0.3 is 12.0 Å². The monoisotopic (exact) mass is 328 g/mol. The van der Waals surface area contributed by atoms with Crippen LogP contribution in [0.2, 0.25) is 0 Å². The highest BCUT2D eigenvalue weighted by Crippen LogP contribution is 2.21. The Balaban J connectivity index is 2.09. The third-order valence-corrected chi connectivity index (χ3v) is 3.39. The van der Waals surface area contributed by atoms with Gasteiger partial charge in [-0.1, -0.05) is 22.0 Å². The fraction of sp³-hybridized carbons (Fsp3) is 0.333. The molecule has 7 heteroatoms. The van der Waals surface area contributed by atoms with Gasteiger partial charge in [0.05, 0.1) is 6.10 Å². The van der Waals surface area contributed by atoms with E-state index < -0.39 is 24.1 Å². The van der Waals surface area contributed by atoms with Gasteiger partial charge in [-0.3, -0.25) is 0 Å². The summed E-state index contributed by atoms with van der Waals surface area (Å²) in [5.41, 5.74) is 0.560. The van der Waals surface area contributed by atoms with E-state index in [2.05, 4.69) is 21.2 Å². The van der Waals surface area contributed by atoms with Crippen molar-refractivity contribution in [3.05, 3.63) is 28.7 Å². The van der Waals surface area contributed by atoms with Gasteiger partial charge < -0.3 is 20.4 Å². The number of nitrogens with one attached hydrogen (secondary N) is 1. The lowest BCUT2D eigenvalue weighted by Crippen LogP contribution is -2.43.